The smallest absolute Gasteiger partial charge is 0.0896 e. The zero-order valence-corrected chi connectivity index (χ0v) is 13.7. The lowest BCUT2D eigenvalue weighted by Crippen LogP contribution is -2.24. The van der Waals surface area contributed by atoms with Crippen molar-refractivity contribution >= 4 is 6.08 Å². The molecule has 1 aliphatic heterocycles. The summed E-state index contributed by atoms with van der Waals surface area (Å²) < 4.78 is 7.89. The predicted octanol–water partition coefficient (Wildman–Crippen LogP) is 3.28. The van der Waals surface area contributed by atoms with E-state index in [1.807, 2.05) is 16.9 Å². The highest BCUT2D eigenvalue weighted by Crippen LogP contribution is 2.33. The van der Waals surface area contributed by atoms with Crippen LogP contribution < -0.4 is 5.32 Å². The molecule has 0 saturated carbocycles. The third-order valence-corrected chi connectivity index (χ3v) is 4.30. The highest BCUT2D eigenvalue weighted by Gasteiger charge is 2.30. The summed E-state index contributed by atoms with van der Waals surface area (Å²) in [4.78, 5) is 0. The molecule has 0 amide bonds. The number of aryl methyl sites for hydroxylation is 1. The Hall–Kier alpha value is -1.91. The Morgan fingerprint density at radius 1 is 1.35 bits per heavy atom. The van der Waals surface area contributed by atoms with Crippen molar-refractivity contribution < 1.29 is 4.74 Å². The Balaban J connectivity index is 1.46. The van der Waals surface area contributed by atoms with Crippen LogP contribution in [0, 0.1) is 5.92 Å². The Labute approximate surface area is 138 Å². The van der Waals surface area contributed by atoms with Crippen LogP contribution in [0.25, 0.3) is 6.08 Å². The second kappa shape index (κ2) is 8.09. The van der Waals surface area contributed by atoms with E-state index in [2.05, 4.69) is 60.0 Å². The van der Waals surface area contributed by atoms with Gasteiger partial charge in [0.1, 0.15) is 0 Å². The lowest BCUT2D eigenvalue weighted by molar-refractivity contribution is 0.0907. The lowest BCUT2D eigenvalue weighted by atomic mass is 9.97. The van der Waals surface area contributed by atoms with E-state index in [1.165, 1.54) is 11.1 Å². The zero-order chi connectivity index (χ0) is 15.9. The molecule has 4 heteroatoms. The third kappa shape index (κ3) is 4.30. The number of nitrogens with one attached hydrogen (secondary N) is 1. The van der Waals surface area contributed by atoms with Crippen molar-refractivity contribution in [2.75, 3.05) is 19.7 Å². The molecule has 1 fully saturated rings. The minimum atomic E-state index is 0.181. The SMILES string of the molecule is CCn1cc(C2OCCC2CNCC=Cc2ccccc2)cn1. The summed E-state index contributed by atoms with van der Waals surface area (Å²) in [5, 5.41) is 7.89. The van der Waals surface area contributed by atoms with Gasteiger partial charge in [0.2, 0.25) is 0 Å². The molecule has 4 nitrogen and oxygen atoms in total. The molecule has 0 aliphatic carbocycles. The summed E-state index contributed by atoms with van der Waals surface area (Å²) >= 11 is 0. The molecule has 0 spiro atoms. The second-order valence-electron chi connectivity index (χ2n) is 5.94. The predicted molar refractivity (Wildman–Crippen MR) is 93.0 cm³/mol. The molecular formula is C19H25N3O. The van der Waals surface area contributed by atoms with Crippen LogP contribution >= 0.6 is 0 Å². The minimum Gasteiger partial charge on any atom is -0.373 e. The van der Waals surface area contributed by atoms with Gasteiger partial charge < -0.3 is 10.1 Å². The number of ether oxygens (including phenoxy) is 1. The molecule has 1 aromatic heterocycles. The molecule has 1 aliphatic rings. The number of hydrogen-bond acceptors (Lipinski definition) is 3. The van der Waals surface area contributed by atoms with Crippen molar-refractivity contribution in [3.63, 3.8) is 0 Å². The van der Waals surface area contributed by atoms with Crippen molar-refractivity contribution in [2.45, 2.75) is 26.0 Å². The van der Waals surface area contributed by atoms with Gasteiger partial charge in [0, 0.05) is 43.9 Å². The number of nitrogens with zero attached hydrogens (tertiary/aromatic N) is 2. The van der Waals surface area contributed by atoms with Gasteiger partial charge in [0.15, 0.2) is 0 Å². The Kier molecular flexibility index (Phi) is 5.61. The first kappa shape index (κ1) is 16.0. The summed E-state index contributed by atoms with van der Waals surface area (Å²) in [6, 6.07) is 10.4. The maximum atomic E-state index is 5.92. The van der Waals surface area contributed by atoms with Crippen molar-refractivity contribution in [2.24, 2.45) is 5.92 Å². The fraction of sp³-hybridized carbons (Fsp3) is 0.421. The van der Waals surface area contributed by atoms with Gasteiger partial charge in [0.05, 0.1) is 12.3 Å². The molecule has 1 aromatic carbocycles. The van der Waals surface area contributed by atoms with E-state index in [-0.39, 0.29) is 6.10 Å². The van der Waals surface area contributed by atoms with E-state index in [0.29, 0.717) is 5.92 Å². The zero-order valence-electron chi connectivity index (χ0n) is 13.7. The van der Waals surface area contributed by atoms with Gasteiger partial charge in [-0.1, -0.05) is 42.5 Å². The molecule has 0 radical (unpaired) electrons. The van der Waals surface area contributed by atoms with Gasteiger partial charge in [-0.05, 0) is 18.9 Å². The van der Waals surface area contributed by atoms with E-state index in [4.69, 9.17) is 4.74 Å². The fourth-order valence-electron chi connectivity index (χ4n) is 3.02. The molecular weight excluding hydrogens is 286 g/mol. The van der Waals surface area contributed by atoms with Gasteiger partial charge in [-0.15, -0.1) is 0 Å². The van der Waals surface area contributed by atoms with E-state index in [1.54, 1.807) is 0 Å². The van der Waals surface area contributed by atoms with Gasteiger partial charge in [0.25, 0.3) is 0 Å². The van der Waals surface area contributed by atoms with Crippen LogP contribution in [0.15, 0.2) is 48.8 Å². The molecule has 0 bridgehead atoms. The number of benzene rings is 1. The third-order valence-electron chi connectivity index (χ3n) is 4.30. The Morgan fingerprint density at radius 2 is 2.22 bits per heavy atom. The highest BCUT2D eigenvalue weighted by molar-refractivity contribution is 5.48. The van der Waals surface area contributed by atoms with Crippen molar-refractivity contribution in [1.29, 1.82) is 0 Å². The van der Waals surface area contributed by atoms with Crippen molar-refractivity contribution in [3.05, 3.63) is 59.9 Å². The van der Waals surface area contributed by atoms with Crippen molar-refractivity contribution in [3.8, 4) is 0 Å². The first-order chi connectivity index (χ1) is 11.4. The first-order valence-electron chi connectivity index (χ1n) is 8.43. The Bertz CT molecular complexity index is 621. The standard InChI is InChI=1S/C19H25N3O/c1-2-22-15-18(14-21-22)19-17(10-12-23-19)13-20-11-6-9-16-7-4-3-5-8-16/h3-9,14-15,17,19-20H,2,10-13H2,1H3. The van der Waals surface area contributed by atoms with Crippen LogP contribution in [0.2, 0.25) is 0 Å². The molecule has 3 rings (SSSR count). The Morgan fingerprint density at radius 3 is 3.00 bits per heavy atom. The average Bonchev–Trinajstić information content (AvgIpc) is 3.24. The summed E-state index contributed by atoms with van der Waals surface area (Å²) in [5.74, 6) is 0.523. The number of aromatic nitrogens is 2. The highest BCUT2D eigenvalue weighted by atomic mass is 16.5. The maximum Gasteiger partial charge on any atom is 0.0896 e. The van der Waals surface area contributed by atoms with Gasteiger partial charge in [-0.3, -0.25) is 4.68 Å². The van der Waals surface area contributed by atoms with Gasteiger partial charge >= 0.3 is 0 Å². The van der Waals surface area contributed by atoms with Crippen LogP contribution in [0.1, 0.15) is 30.6 Å². The van der Waals surface area contributed by atoms with Crippen LogP contribution in [-0.4, -0.2) is 29.5 Å². The van der Waals surface area contributed by atoms with E-state index in [0.717, 1.165) is 32.7 Å². The summed E-state index contributed by atoms with van der Waals surface area (Å²) in [6.45, 7) is 5.70. The van der Waals surface area contributed by atoms with E-state index < -0.39 is 0 Å². The topological polar surface area (TPSA) is 39.1 Å². The summed E-state index contributed by atoms with van der Waals surface area (Å²) in [7, 11) is 0. The van der Waals surface area contributed by atoms with Gasteiger partial charge in [-0.25, -0.2) is 0 Å². The van der Waals surface area contributed by atoms with Crippen LogP contribution in [0.5, 0.6) is 0 Å². The van der Waals surface area contributed by atoms with Gasteiger partial charge in [-0.2, -0.15) is 5.10 Å². The fourth-order valence-corrected chi connectivity index (χ4v) is 3.02. The second-order valence-corrected chi connectivity index (χ2v) is 5.94. The monoisotopic (exact) mass is 311 g/mol. The molecule has 1 saturated heterocycles. The van der Waals surface area contributed by atoms with Crippen LogP contribution in [0.4, 0.5) is 0 Å². The first-order valence-corrected chi connectivity index (χ1v) is 8.43. The molecule has 2 heterocycles. The molecule has 2 aromatic rings. The van der Waals surface area contributed by atoms with Crippen LogP contribution in [-0.2, 0) is 11.3 Å². The quantitative estimate of drug-likeness (QED) is 0.798. The molecule has 23 heavy (non-hydrogen) atoms. The summed E-state index contributed by atoms with van der Waals surface area (Å²) in [5.41, 5.74) is 2.44. The minimum absolute atomic E-state index is 0.181. The molecule has 1 N–H and O–H groups in total. The maximum absolute atomic E-state index is 5.92. The van der Waals surface area contributed by atoms with Crippen molar-refractivity contribution in [1.82, 2.24) is 15.1 Å². The number of rotatable bonds is 7. The molecule has 2 unspecified atom stereocenters. The molecule has 122 valence electrons. The average molecular weight is 311 g/mol. The largest absolute Gasteiger partial charge is 0.373 e. The summed E-state index contributed by atoms with van der Waals surface area (Å²) in [6.07, 6.45) is 9.68. The van der Waals surface area contributed by atoms with Crippen LogP contribution in [0.3, 0.4) is 0 Å². The molecule has 2 atom stereocenters. The van der Waals surface area contributed by atoms with E-state index >= 15 is 0 Å². The lowest BCUT2D eigenvalue weighted by Gasteiger charge is -2.17. The van der Waals surface area contributed by atoms with E-state index in [9.17, 15) is 0 Å². The normalized spacial score (nSPS) is 21.3. The number of hydrogen-bond donors (Lipinski definition) is 1.